The monoisotopic (exact) mass is 241 g/mol. The molecule has 1 aliphatic rings. The number of rotatable bonds is 3. The van der Waals surface area contributed by atoms with Crippen LogP contribution in [0, 0.1) is 17.3 Å². The first-order valence-corrected chi connectivity index (χ1v) is 6.67. The first-order chi connectivity index (χ1) is 7.71. The summed E-state index contributed by atoms with van der Waals surface area (Å²) >= 11 is 0. The van der Waals surface area contributed by atoms with Gasteiger partial charge in [-0.25, -0.2) is 0 Å². The largest absolute Gasteiger partial charge is 0.461 e. The molecular formula is C14H27NO2. The molecule has 3 heteroatoms. The Morgan fingerprint density at radius 1 is 1.35 bits per heavy atom. The lowest BCUT2D eigenvalue weighted by molar-refractivity contribution is -0.156. The molecule has 1 rings (SSSR count). The van der Waals surface area contributed by atoms with E-state index in [2.05, 4.69) is 20.8 Å². The van der Waals surface area contributed by atoms with Crippen LogP contribution in [0.4, 0.5) is 0 Å². The van der Waals surface area contributed by atoms with Crippen molar-refractivity contribution in [3.05, 3.63) is 0 Å². The Morgan fingerprint density at radius 2 is 1.94 bits per heavy atom. The molecule has 1 fully saturated rings. The topological polar surface area (TPSA) is 52.3 Å². The lowest BCUT2D eigenvalue weighted by Gasteiger charge is -2.38. The van der Waals surface area contributed by atoms with Crippen LogP contribution in [-0.2, 0) is 9.53 Å². The smallest absolute Gasteiger partial charge is 0.323 e. The summed E-state index contributed by atoms with van der Waals surface area (Å²) in [5.41, 5.74) is 6.07. The van der Waals surface area contributed by atoms with Gasteiger partial charge in [0.25, 0.3) is 0 Å². The van der Waals surface area contributed by atoms with Crippen LogP contribution in [0.15, 0.2) is 0 Å². The first-order valence-electron chi connectivity index (χ1n) is 6.67. The van der Waals surface area contributed by atoms with Crippen LogP contribution in [0.1, 0.15) is 53.9 Å². The second kappa shape index (κ2) is 5.38. The Hall–Kier alpha value is -0.570. The van der Waals surface area contributed by atoms with Crippen molar-refractivity contribution in [2.75, 3.05) is 0 Å². The van der Waals surface area contributed by atoms with E-state index in [-0.39, 0.29) is 23.4 Å². The van der Waals surface area contributed by atoms with Crippen molar-refractivity contribution in [1.82, 2.24) is 0 Å². The summed E-state index contributed by atoms with van der Waals surface area (Å²) in [6.45, 7) is 10.6. The molecule has 0 saturated heterocycles. The molecular weight excluding hydrogens is 214 g/mol. The molecule has 0 aromatic rings. The number of ether oxygens (including phenoxy) is 1. The average molecular weight is 241 g/mol. The van der Waals surface area contributed by atoms with E-state index in [4.69, 9.17) is 10.5 Å². The molecule has 17 heavy (non-hydrogen) atoms. The van der Waals surface area contributed by atoms with Crippen LogP contribution in [-0.4, -0.2) is 18.1 Å². The third-order valence-corrected chi connectivity index (χ3v) is 3.62. The van der Waals surface area contributed by atoms with E-state index < -0.39 is 6.04 Å². The van der Waals surface area contributed by atoms with Gasteiger partial charge in [0, 0.05) is 0 Å². The van der Waals surface area contributed by atoms with Gasteiger partial charge in [0.2, 0.25) is 0 Å². The van der Waals surface area contributed by atoms with Crippen molar-refractivity contribution < 1.29 is 9.53 Å². The molecule has 1 saturated carbocycles. The molecule has 2 N–H and O–H groups in total. The average Bonchev–Trinajstić information content (AvgIpc) is 2.12. The van der Waals surface area contributed by atoms with Crippen LogP contribution < -0.4 is 5.73 Å². The molecule has 0 bridgehead atoms. The molecule has 2 unspecified atom stereocenters. The minimum atomic E-state index is -0.490. The van der Waals surface area contributed by atoms with E-state index in [1.165, 1.54) is 6.42 Å². The molecule has 0 radical (unpaired) electrons. The molecule has 0 spiro atoms. The molecule has 1 aliphatic carbocycles. The number of esters is 1. The molecule has 0 aromatic heterocycles. The molecule has 0 amide bonds. The Labute approximate surface area is 105 Å². The van der Waals surface area contributed by atoms with Crippen LogP contribution >= 0.6 is 0 Å². The predicted molar refractivity (Wildman–Crippen MR) is 69.5 cm³/mol. The lowest BCUT2D eigenvalue weighted by atomic mass is 9.71. The standard InChI is InChI=1S/C14H27NO2/c1-9(2)12(15)13(16)17-11-6-10(3)7-14(4,5)8-11/h9-12H,6-8,15H2,1-5H3/t10?,11?,12-/m1/s1. The Kier molecular flexibility index (Phi) is 4.59. The van der Waals surface area contributed by atoms with Crippen molar-refractivity contribution in [1.29, 1.82) is 0 Å². The van der Waals surface area contributed by atoms with Gasteiger partial charge in [-0.05, 0) is 36.5 Å². The number of carbonyl (C=O) groups excluding carboxylic acids is 1. The van der Waals surface area contributed by atoms with E-state index >= 15 is 0 Å². The van der Waals surface area contributed by atoms with Crippen molar-refractivity contribution in [3.63, 3.8) is 0 Å². The molecule has 3 atom stereocenters. The molecule has 0 aliphatic heterocycles. The maximum atomic E-state index is 11.8. The Bertz CT molecular complexity index is 273. The van der Waals surface area contributed by atoms with E-state index in [0.29, 0.717) is 5.92 Å². The molecule has 100 valence electrons. The van der Waals surface area contributed by atoms with E-state index in [0.717, 1.165) is 12.8 Å². The second-order valence-electron chi connectivity index (χ2n) is 6.74. The maximum Gasteiger partial charge on any atom is 0.323 e. The zero-order valence-corrected chi connectivity index (χ0v) is 11.8. The van der Waals surface area contributed by atoms with Crippen molar-refractivity contribution in [3.8, 4) is 0 Å². The van der Waals surface area contributed by atoms with Crippen LogP contribution in [0.5, 0.6) is 0 Å². The minimum Gasteiger partial charge on any atom is -0.461 e. The van der Waals surface area contributed by atoms with Gasteiger partial charge in [0.1, 0.15) is 12.1 Å². The fourth-order valence-corrected chi connectivity index (χ4v) is 2.86. The van der Waals surface area contributed by atoms with Gasteiger partial charge in [0.05, 0.1) is 0 Å². The molecule has 0 heterocycles. The highest BCUT2D eigenvalue weighted by Crippen LogP contribution is 2.39. The van der Waals surface area contributed by atoms with Gasteiger partial charge in [-0.3, -0.25) is 4.79 Å². The summed E-state index contributed by atoms with van der Waals surface area (Å²) in [7, 11) is 0. The summed E-state index contributed by atoms with van der Waals surface area (Å²) in [6.07, 6.45) is 3.18. The van der Waals surface area contributed by atoms with E-state index in [1.54, 1.807) is 0 Å². The number of hydrogen-bond donors (Lipinski definition) is 1. The number of nitrogens with two attached hydrogens (primary N) is 1. The summed E-state index contributed by atoms with van der Waals surface area (Å²) in [4.78, 5) is 11.8. The summed E-state index contributed by atoms with van der Waals surface area (Å²) < 4.78 is 5.56. The maximum absolute atomic E-state index is 11.8. The SMILES string of the molecule is CC1CC(OC(=O)[C@H](N)C(C)C)CC(C)(C)C1. The highest BCUT2D eigenvalue weighted by Gasteiger charge is 2.34. The highest BCUT2D eigenvalue weighted by atomic mass is 16.5. The van der Waals surface area contributed by atoms with Crippen LogP contribution in [0.25, 0.3) is 0 Å². The van der Waals surface area contributed by atoms with Crippen LogP contribution in [0.2, 0.25) is 0 Å². The van der Waals surface area contributed by atoms with Gasteiger partial charge in [0.15, 0.2) is 0 Å². The summed E-state index contributed by atoms with van der Waals surface area (Å²) in [5.74, 6) is 0.512. The quantitative estimate of drug-likeness (QED) is 0.773. The number of hydrogen-bond acceptors (Lipinski definition) is 3. The van der Waals surface area contributed by atoms with Gasteiger partial charge in [-0.2, -0.15) is 0 Å². The lowest BCUT2D eigenvalue weighted by Crippen LogP contribution is -2.41. The van der Waals surface area contributed by atoms with E-state index in [1.807, 2.05) is 13.8 Å². The van der Waals surface area contributed by atoms with Gasteiger partial charge in [-0.15, -0.1) is 0 Å². The van der Waals surface area contributed by atoms with Gasteiger partial charge >= 0.3 is 5.97 Å². The fourth-order valence-electron chi connectivity index (χ4n) is 2.86. The van der Waals surface area contributed by atoms with E-state index in [9.17, 15) is 4.79 Å². The normalized spacial score (nSPS) is 30.1. The van der Waals surface area contributed by atoms with Crippen molar-refractivity contribution >= 4 is 5.97 Å². The zero-order chi connectivity index (χ0) is 13.2. The summed E-state index contributed by atoms with van der Waals surface area (Å²) in [6, 6.07) is -0.490. The third kappa shape index (κ3) is 4.30. The second-order valence-corrected chi connectivity index (χ2v) is 6.74. The van der Waals surface area contributed by atoms with Gasteiger partial charge < -0.3 is 10.5 Å². The Morgan fingerprint density at radius 3 is 2.41 bits per heavy atom. The van der Waals surface area contributed by atoms with Gasteiger partial charge in [-0.1, -0.05) is 34.6 Å². The minimum absolute atomic E-state index is 0.0473. The molecule has 0 aromatic carbocycles. The summed E-state index contributed by atoms with van der Waals surface area (Å²) in [5, 5.41) is 0. The molecule has 3 nitrogen and oxygen atoms in total. The van der Waals surface area contributed by atoms with Crippen molar-refractivity contribution in [2.24, 2.45) is 23.0 Å². The predicted octanol–water partition coefficient (Wildman–Crippen LogP) is 2.73. The first kappa shape index (κ1) is 14.5. The van der Waals surface area contributed by atoms with Crippen molar-refractivity contribution in [2.45, 2.75) is 66.0 Å². The fraction of sp³-hybridized carbons (Fsp3) is 0.929. The number of carbonyl (C=O) groups is 1. The third-order valence-electron chi connectivity index (χ3n) is 3.62. The highest BCUT2D eigenvalue weighted by molar-refractivity contribution is 5.75. The Balaban J connectivity index is 2.54. The van der Waals surface area contributed by atoms with Crippen LogP contribution in [0.3, 0.4) is 0 Å². The zero-order valence-electron chi connectivity index (χ0n) is 11.8.